The quantitative estimate of drug-likeness (QED) is 0.649. The Hall–Kier alpha value is -2.19. The molecule has 2 heterocycles. The van der Waals surface area contributed by atoms with Gasteiger partial charge in [-0.3, -0.25) is 10.1 Å². The lowest BCUT2D eigenvalue weighted by atomic mass is 10.00. The zero-order chi connectivity index (χ0) is 17.5. The largest absolute Gasteiger partial charge is 0.435 e. The van der Waals surface area contributed by atoms with Gasteiger partial charge in [-0.05, 0) is 18.2 Å². The van der Waals surface area contributed by atoms with Crippen molar-refractivity contribution in [2.75, 3.05) is 13.2 Å². The molecule has 2 aliphatic rings. The Bertz CT molecular complexity index is 792. The number of Topliss-reactive ketones (excluding diaryl/α,β-unsaturated/α-hetero) is 1. The molecule has 0 aliphatic carbocycles. The first-order valence-corrected chi connectivity index (χ1v) is 7.11. The number of hydrogen-bond acceptors (Lipinski definition) is 4. The van der Waals surface area contributed by atoms with Gasteiger partial charge in [-0.1, -0.05) is 17.7 Å². The molecule has 0 bridgehead atoms. The summed E-state index contributed by atoms with van der Waals surface area (Å²) in [5.74, 6) is -3.02. The van der Waals surface area contributed by atoms with Gasteiger partial charge in [0.15, 0.2) is 5.76 Å². The summed E-state index contributed by atoms with van der Waals surface area (Å²) in [6.45, 7) is -0.0575. The van der Waals surface area contributed by atoms with Crippen molar-refractivity contribution in [3.05, 3.63) is 57.6 Å². The van der Waals surface area contributed by atoms with Crippen molar-refractivity contribution < 1.29 is 27.1 Å². The van der Waals surface area contributed by atoms with E-state index in [0.29, 0.717) is 6.08 Å². The number of hydrogen-bond donors (Lipinski definition) is 1. The fourth-order valence-corrected chi connectivity index (χ4v) is 2.59. The van der Waals surface area contributed by atoms with Crippen LogP contribution in [0.5, 0.6) is 0 Å². The predicted molar refractivity (Wildman–Crippen MR) is 78.3 cm³/mol. The lowest BCUT2D eigenvalue weighted by molar-refractivity contribution is -0.0893. The maximum Gasteiger partial charge on any atom is 0.417 e. The van der Waals surface area contributed by atoms with Gasteiger partial charge in [0.2, 0.25) is 11.7 Å². The molecule has 0 unspecified atom stereocenters. The van der Waals surface area contributed by atoms with Gasteiger partial charge in [0, 0.05) is 12.1 Å². The Morgan fingerprint density at radius 2 is 2.08 bits per heavy atom. The van der Waals surface area contributed by atoms with Gasteiger partial charge in [0.25, 0.3) is 0 Å². The van der Waals surface area contributed by atoms with E-state index in [1.165, 1.54) is 12.1 Å². The zero-order valence-corrected chi connectivity index (χ0v) is 12.6. The van der Waals surface area contributed by atoms with E-state index in [1.807, 2.05) is 0 Å². The highest BCUT2D eigenvalue weighted by molar-refractivity contribution is 6.35. The number of halogens is 5. The average molecular weight is 361 g/mol. The number of allylic oxidation sites excluding steroid dienone is 3. The first-order valence-electron chi connectivity index (χ1n) is 6.73. The van der Waals surface area contributed by atoms with Crippen LogP contribution in [0.3, 0.4) is 0 Å². The normalized spacial score (nSPS) is 17.7. The van der Waals surface area contributed by atoms with E-state index in [-0.39, 0.29) is 29.7 Å². The number of alkyl halides is 3. The smallest absolute Gasteiger partial charge is 0.417 e. The number of rotatable bonds is 2. The Balaban J connectivity index is 2.11. The summed E-state index contributed by atoms with van der Waals surface area (Å²) < 4.78 is 58.8. The summed E-state index contributed by atoms with van der Waals surface area (Å²) in [5, 5.41) is 2.44. The van der Waals surface area contributed by atoms with Crippen molar-refractivity contribution in [3.63, 3.8) is 0 Å². The summed E-state index contributed by atoms with van der Waals surface area (Å²) in [4.78, 5) is 16.2. The van der Waals surface area contributed by atoms with Gasteiger partial charge in [-0.25, -0.2) is 9.38 Å². The Morgan fingerprint density at radius 1 is 1.33 bits per heavy atom. The molecule has 0 atom stereocenters. The van der Waals surface area contributed by atoms with Crippen LogP contribution in [0.1, 0.15) is 10.4 Å². The summed E-state index contributed by atoms with van der Waals surface area (Å²) in [5.41, 5.74) is -1.81. The molecular formula is C15H9ClF4N2O2. The Morgan fingerprint density at radius 3 is 2.75 bits per heavy atom. The van der Waals surface area contributed by atoms with Crippen LogP contribution in [0.15, 0.2) is 46.2 Å². The van der Waals surface area contributed by atoms with E-state index >= 15 is 0 Å². The molecule has 0 amide bonds. The van der Waals surface area contributed by atoms with Crippen molar-refractivity contribution in [3.8, 4) is 0 Å². The number of ether oxygens (including phenoxy) is 1. The second-order valence-electron chi connectivity index (χ2n) is 4.97. The van der Waals surface area contributed by atoms with Crippen LogP contribution in [0.2, 0.25) is 5.02 Å². The van der Waals surface area contributed by atoms with Crippen LogP contribution in [-0.4, -0.2) is 31.1 Å². The van der Waals surface area contributed by atoms with E-state index in [4.69, 9.17) is 16.3 Å². The molecule has 24 heavy (non-hydrogen) atoms. The number of carbonyl (C=O) groups is 1. The number of nitrogens with one attached hydrogen (secondary N) is 1. The van der Waals surface area contributed by atoms with Gasteiger partial charge in [0.05, 0.1) is 22.8 Å². The predicted octanol–water partition coefficient (Wildman–Crippen LogP) is 3.39. The monoisotopic (exact) mass is 360 g/mol. The fraction of sp³-hybridized carbons (Fsp3) is 0.200. The number of fused-ring (bicyclic) bond motifs is 1. The molecular weight excluding hydrogens is 352 g/mol. The maximum atomic E-state index is 13.9. The molecule has 0 spiro atoms. The van der Waals surface area contributed by atoms with Crippen LogP contribution >= 0.6 is 11.6 Å². The van der Waals surface area contributed by atoms with Crippen molar-refractivity contribution in [1.29, 1.82) is 0 Å². The molecule has 9 heteroatoms. The minimum absolute atomic E-state index is 0.0475. The SMILES string of the molecule is O=C(C1=CC(C(F)(F)F)=C2CNCN=C2O1)c1c(F)cccc1Cl. The minimum Gasteiger partial charge on any atom is -0.435 e. The van der Waals surface area contributed by atoms with Gasteiger partial charge in [-0.15, -0.1) is 0 Å². The van der Waals surface area contributed by atoms with Gasteiger partial charge < -0.3 is 4.74 Å². The van der Waals surface area contributed by atoms with Crippen LogP contribution in [-0.2, 0) is 4.74 Å². The zero-order valence-electron chi connectivity index (χ0n) is 11.9. The third-order valence-corrected chi connectivity index (χ3v) is 3.74. The van der Waals surface area contributed by atoms with E-state index in [0.717, 1.165) is 6.07 Å². The summed E-state index contributed by atoms with van der Waals surface area (Å²) in [6.07, 6.45) is -4.17. The highest BCUT2D eigenvalue weighted by Crippen LogP contribution is 2.35. The van der Waals surface area contributed by atoms with Crippen LogP contribution in [0.4, 0.5) is 17.6 Å². The summed E-state index contributed by atoms with van der Waals surface area (Å²) >= 11 is 5.79. The molecule has 0 radical (unpaired) electrons. The number of nitrogens with zero attached hydrogens (tertiary/aromatic N) is 1. The second-order valence-corrected chi connectivity index (χ2v) is 5.38. The molecule has 2 aliphatic heterocycles. The summed E-state index contributed by atoms with van der Waals surface area (Å²) in [7, 11) is 0. The van der Waals surface area contributed by atoms with E-state index in [2.05, 4.69) is 10.3 Å². The Labute approximate surface area is 138 Å². The van der Waals surface area contributed by atoms with E-state index in [1.54, 1.807) is 0 Å². The molecule has 0 fully saturated rings. The number of carbonyl (C=O) groups excluding carboxylic acids is 1. The summed E-state index contributed by atoms with van der Waals surface area (Å²) in [6, 6.07) is 3.52. The molecule has 1 aromatic rings. The number of benzene rings is 1. The van der Waals surface area contributed by atoms with Gasteiger partial charge in [0.1, 0.15) is 5.82 Å². The van der Waals surface area contributed by atoms with Crippen LogP contribution < -0.4 is 5.32 Å². The second kappa shape index (κ2) is 6.03. The highest BCUT2D eigenvalue weighted by Gasteiger charge is 2.41. The highest BCUT2D eigenvalue weighted by atomic mass is 35.5. The lowest BCUT2D eigenvalue weighted by Gasteiger charge is -2.26. The van der Waals surface area contributed by atoms with Crippen LogP contribution in [0.25, 0.3) is 0 Å². The molecule has 3 rings (SSSR count). The number of ketones is 1. The molecule has 126 valence electrons. The molecule has 4 nitrogen and oxygen atoms in total. The maximum absolute atomic E-state index is 13.9. The Kier molecular flexibility index (Phi) is 4.18. The third-order valence-electron chi connectivity index (χ3n) is 3.42. The topological polar surface area (TPSA) is 50.7 Å². The molecule has 0 saturated carbocycles. The third kappa shape index (κ3) is 2.94. The average Bonchev–Trinajstić information content (AvgIpc) is 2.52. The van der Waals surface area contributed by atoms with E-state index < -0.39 is 34.7 Å². The number of aliphatic imine (C=N–C) groups is 1. The minimum atomic E-state index is -4.72. The van der Waals surface area contributed by atoms with Crippen molar-refractivity contribution >= 4 is 23.3 Å². The van der Waals surface area contributed by atoms with Gasteiger partial charge in [-0.2, -0.15) is 13.2 Å². The molecule has 0 saturated heterocycles. The fourth-order valence-electron chi connectivity index (χ4n) is 2.34. The standard InChI is InChI=1S/C15H9ClF4N2O2/c16-9-2-1-3-10(17)12(9)13(23)11-4-8(15(18,19)20)7-5-21-6-22-14(7)24-11/h1-4,21H,5-6H2. The molecule has 1 N–H and O–H groups in total. The van der Waals surface area contributed by atoms with E-state index in [9.17, 15) is 22.4 Å². The first kappa shape index (κ1) is 16.7. The van der Waals surface area contributed by atoms with Crippen LogP contribution in [0, 0.1) is 5.82 Å². The molecule has 1 aromatic carbocycles. The van der Waals surface area contributed by atoms with Crippen molar-refractivity contribution in [1.82, 2.24) is 5.32 Å². The lowest BCUT2D eigenvalue weighted by Crippen LogP contribution is -2.35. The van der Waals surface area contributed by atoms with Crippen molar-refractivity contribution in [2.45, 2.75) is 6.18 Å². The first-order chi connectivity index (χ1) is 11.3. The molecule has 0 aromatic heterocycles. The van der Waals surface area contributed by atoms with Crippen molar-refractivity contribution in [2.24, 2.45) is 4.99 Å². The van der Waals surface area contributed by atoms with Gasteiger partial charge >= 0.3 is 6.18 Å².